The van der Waals surface area contributed by atoms with Gasteiger partial charge in [-0.05, 0) is 36.4 Å². The van der Waals surface area contributed by atoms with Gasteiger partial charge in [-0.3, -0.25) is 0 Å². The van der Waals surface area contributed by atoms with E-state index in [9.17, 15) is 0 Å². The third kappa shape index (κ3) is 3.15. The summed E-state index contributed by atoms with van der Waals surface area (Å²) >= 11 is 1.77. The Kier molecular flexibility index (Phi) is 3.79. The Labute approximate surface area is 116 Å². The fraction of sp³-hybridized carbons (Fsp3) is 0.200. The molecule has 2 heterocycles. The Morgan fingerprint density at radius 1 is 1.05 bits per heavy atom. The van der Waals surface area contributed by atoms with E-state index >= 15 is 0 Å². The summed E-state index contributed by atoms with van der Waals surface area (Å²) in [5, 5.41) is 1.07. The fourth-order valence-electron chi connectivity index (χ4n) is 1.86. The zero-order valence-corrected chi connectivity index (χ0v) is 11.3. The summed E-state index contributed by atoms with van der Waals surface area (Å²) in [7, 11) is 0. The highest BCUT2D eigenvalue weighted by molar-refractivity contribution is 7.99. The van der Waals surface area contributed by atoms with Gasteiger partial charge in [0, 0.05) is 12.6 Å². The Morgan fingerprint density at radius 3 is 2.79 bits per heavy atom. The van der Waals surface area contributed by atoms with Crippen molar-refractivity contribution in [3.63, 3.8) is 0 Å². The topological polar surface area (TPSA) is 38.9 Å². The van der Waals surface area contributed by atoms with Crippen LogP contribution in [0.3, 0.4) is 0 Å². The van der Waals surface area contributed by atoms with E-state index in [2.05, 4.69) is 9.97 Å². The molecule has 0 unspecified atom stereocenters. The fourth-order valence-corrected chi connectivity index (χ4v) is 2.67. The number of fused-ring (bicyclic) bond motifs is 1. The van der Waals surface area contributed by atoms with Gasteiger partial charge in [-0.15, -0.1) is 11.8 Å². The lowest BCUT2D eigenvalue weighted by atomic mass is 10.3. The number of oxazole rings is 1. The lowest BCUT2D eigenvalue weighted by Crippen LogP contribution is -1.88. The molecule has 0 aliphatic heterocycles. The summed E-state index contributed by atoms with van der Waals surface area (Å²) in [6.07, 6.45) is 3.73. The number of hydrogen-bond donors (Lipinski definition) is 0. The second-order valence-electron chi connectivity index (χ2n) is 4.20. The second-order valence-corrected chi connectivity index (χ2v) is 5.31. The van der Waals surface area contributed by atoms with E-state index in [1.807, 2.05) is 48.7 Å². The van der Waals surface area contributed by atoms with E-state index in [4.69, 9.17) is 4.42 Å². The van der Waals surface area contributed by atoms with Crippen LogP contribution < -0.4 is 0 Å². The summed E-state index contributed by atoms with van der Waals surface area (Å²) in [6.45, 7) is 0. The minimum Gasteiger partial charge on any atom is -0.441 e. The molecule has 0 aliphatic carbocycles. The molecule has 3 aromatic rings. The summed E-state index contributed by atoms with van der Waals surface area (Å²) in [5.74, 6) is 1.85. The van der Waals surface area contributed by atoms with Crippen molar-refractivity contribution in [2.45, 2.75) is 17.9 Å². The van der Waals surface area contributed by atoms with Crippen LogP contribution in [0.2, 0.25) is 0 Å². The summed E-state index contributed by atoms with van der Waals surface area (Å²) in [6, 6.07) is 13.8. The van der Waals surface area contributed by atoms with Crippen LogP contribution in [0.5, 0.6) is 0 Å². The lowest BCUT2D eigenvalue weighted by Gasteiger charge is -1.98. The quantitative estimate of drug-likeness (QED) is 0.520. The Hall–Kier alpha value is -1.81. The predicted molar refractivity (Wildman–Crippen MR) is 77.3 cm³/mol. The van der Waals surface area contributed by atoms with Gasteiger partial charge in [-0.2, -0.15) is 0 Å². The molecule has 2 aromatic heterocycles. The largest absolute Gasteiger partial charge is 0.441 e. The lowest BCUT2D eigenvalue weighted by molar-refractivity contribution is 0.526. The molecule has 0 atom stereocenters. The van der Waals surface area contributed by atoms with Gasteiger partial charge in [0.05, 0.1) is 5.03 Å². The molecule has 96 valence electrons. The molecule has 0 aliphatic rings. The average Bonchev–Trinajstić information content (AvgIpc) is 2.87. The van der Waals surface area contributed by atoms with Crippen LogP contribution in [-0.4, -0.2) is 15.7 Å². The van der Waals surface area contributed by atoms with Crippen LogP contribution in [0.15, 0.2) is 58.1 Å². The summed E-state index contributed by atoms with van der Waals surface area (Å²) in [5.41, 5.74) is 1.81. The van der Waals surface area contributed by atoms with Crippen LogP contribution in [0.1, 0.15) is 12.3 Å². The summed E-state index contributed by atoms with van der Waals surface area (Å²) in [4.78, 5) is 8.75. The van der Waals surface area contributed by atoms with E-state index in [1.54, 1.807) is 11.8 Å². The molecule has 3 nitrogen and oxygen atoms in total. The highest BCUT2D eigenvalue weighted by atomic mass is 32.2. The molecular weight excluding hydrogens is 256 g/mol. The maximum atomic E-state index is 5.68. The molecular formula is C15H14N2OS. The van der Waals surface area contributed by atoms with Crippen LogP contribution in [0.25, 0.3) is 11.1 Å². The van der Waals surface area contributed by atoms with Gasteiger partial charge in [0.1, 0.15) is 5.52 Å². The van der Waals surface area contributed by atoms with Crippen molar-refractivity contribution < 1.29 is 4.42 Å². The standard InChI is InChI=1S/C15H14N2OS/c1-2-7-13-12(6-1)17-14(18-13)8-5-11-19-15-9-3-4-10-16-15/h1-4,6-7,9-10H,5,8,11H2. The van der Waals surface area contributed by atoms with Gasteiger partial charge in [0.25, 0.3) is 0 Å². The highest BCUT2D eigenvalue weighted by Crippen LogP contribution is 2.18. The molecule has 0 fully saturated rings. The minimum absolute atomic E-state index is 0.822. The van der Waals surface area contributed by atoms with Gasteiger partial charge in [0.2, 0.25) is 0 Å². The van der Waals surface area contributed by atoms with Crippen molar-refractivity contribution in [2.75, 3.05) is 5.75 Å². The molecule has 0 radical (unpaired) electrons. The molecule has 0 saturated carbocycles. The van der Waals surface area contributed by atoms with Gasteiger partial charge in [-0.1, -0.05) is 18.2 Å². The van der Waals surface area contributed by atoms with Crippen LogP contribution in [0.4, 0.5) is 0 Å². The maximum absolute atomic E-state index is 5.68. The summed E-state index contributed by atoms with van der Waals surface area (Å²) < 4.78 is 5.68. The number of rotatable bonds is 5. The molecule has 0 saturated heterocycles. The third-order valence-corrected chi connectivity index (χ3v) is 3.79. The molecule has 0 spiro atoms. The zero-order valence-electron chi connectivity index (χ0n) is 10.5. The molecule has 1 aromatic carbocycles. The zero-order chi connectivity index (χ0) is 12.9. The first-order chi connectivity index (χ1) is 9.42. The van der Waals surface area contributed by atoms with Crippen LogP contribution in [-0.2, 0) is 6.42 Å². The number of aromatic nitrogens is 2. The first kappa shape index (κ1) is 12.2. The molecule has 19 heavy (non-hydrogen) atoms. The number of nitrogens with zero attached hydrogens (tertiary/aromatic N) is 2. The van der Waals surface area contributed by atoms with Gasteiger partial charge >= 0.3 is 0 Å². The van der Waals surface area contributed by atoms with E-state index in [1.165, 1.54) is 0 Å². The number of thioether (sulfide) groups is 1. The molecule has 0 bridgehead atoms. The van der Waals surface area contributed by atoms with Crippen LogP contribution >= 0.6 is 11.8 Å². The maximum Gasteiger partial charge on any atom is 0.195 e. The Bertz CT molecular complexity index is 618. The molecule has 3 rings (SSSR count). The van der Waals surface area contributed by atoms with Gasteiger partial charge in [-0.25, -0.2) is 9.97 Å². The molecule has 0 N–H and O–H groups in total. The number of pyridine rings is 1. The second kappa shape index (κ2) is 5.89. The van der Waals surface area contributed by atoms with Crippen molar-refractivity contribution in [1.29, 1.82) is 0 Å². The van der Waals surface area contributed by atoms with Crippen molar-refractivity contribution >= 4 is 22.9 Å². The smallest absolute Gasteiger partial charge is 0.195 e. The van der Waals surface area contributed by atoms with E-state index in [-0.39, 0.29) is 0 Å². The van der Waals surface area contributed by atoms with Crippen LogP contribution in [0, 0.1) is 0 Å². The van der Waals surface area contributed by atoms with Gasteiger partial charge < -0.3 is 4.42 Å². The molecule has 0 amide bonds. The predicted octanol–water partition coefficient (Wildman–Crippen LogP) is 3.95. The van der Waals surface area contributed by atoms with E-state index in [0.717, 1.165) is 40.6 Å². The minimum atomic E-state index is 0.822. The van der Waals surface area contributed by atoms with Gasteiger partial charge in [0.15, 0.2) is 11.5 Å². The van der Waals surface area contributed by atoms with Crippen molar-refractivity contribution in [1.82, 2.24) is 9.97 Å². The molecule has 4 heteroatoms. The highest BCUT2D eigenvalue weighted by Gasteiger charge is 2.04. The Morgan fingerprint density at radius 2 is 1.95 bits per heavy atom. The van der Waals surface area contributed by atoms with Crippen molar-refractivity contribution in [2.24, 2.45) is 0 Å². The number of hydrogen-bond acceptors (Lipinski definition) is 4. The van der Waals surface area contributed by atoms with Crippen molar-refractivity contribution in [3.8, 4) is 0 Å². The van der Waals surface area contributed by atoms with E-state index < -0.39 is 0 Å². The number of para-hydroxylation sites is 2. The SMILES string of the molecule is c1ccc(SCCCc2nc3ccccc3o2)nc1. The Balaban J connectivity index is 1.52. The first-order valence-electron chi connectivity index (χ1n) is 6.30. The normalized spacial score (nSPS) is 10.9. The average molecular weight is 270 g/mol. The first-order valence-corrected chi connectivity index (χ1v) is 7.29. The van der Waals surface area contributed by atoms with E-state index in [0.29, 0.717) is 0 Å². The number of benzene rings is 1. The monoisotopic (exact) mass is 270 g/mol. The van der Waals surface area contributed by atoms with Crippen molar-refractivity contribution in [3.05, 3.63) is 54.6 Å². The third-order valence-electron chi connectivity index (χ3n) is 2.76. The number of aryl methyl sites for hydroxylation is 1.